The van der Waals surface area contributed by atoms with Gasteiger partial charge in [-0.1, -0.05) is 24.3 Å². The summed E-state index contributed by atoms with van der Waals surface area (Å²) in [5, 5.41) is 0. The molecular weight excluding hydrogens is 388 g/mol. The molecule has 1 atom stereocenters. The van der Waals surface area contributed by atoms with Crippen LogP contribution in [-0.4, -0.2) is 54.3 Å². The number of piperidine rings is 1. The van der Waals surface area contributed by atoms with E-state index in [2.05, 4.69) is 35.1 Å². The topological polar surface area (TPSA) is 76.4 Å². The molecule has 1 aromatic heterocycles. The lowest BCUT2D eigenvalue weighted by atomic mass is 10.1. The number of rotatable bonds is 10. The summed E-state index contributed by atoms with van der Waals surface area (Å²) >= 11 is 0. The first kappa shape index (κ1) is 21.8. The number of unbranched alkanes of at least 4 members (excludes halogenated alkanes) is 2. The molecule has 3 aromatic rings. The molecule has 0 amide bonds. The Labute approximate surface area is 184 Å². The Hall–Kier alpha value is -2.41. The molecule has 0 saturated carbocycles. The molecule has 2 aromatic carbocycles. The molecule has 0 aliphatic carbocycles. The SMILES string of the molecule is CN1CCC(OC(c2cccc(OCCCCCN)c2)c2nc3ccccc3[nH]2)CC1. The number of hydrogen-bond acceptors (Lipinski definition) is 5. The Bertz CT molecular complexity index is 916. The van der Waals surface area contributed by atoms with Crippen LogP contribution in [0.25, 0.3) is 11.0 Å². The third kappa shape index (κ3) is 5.85. The fraction of sp³-hybridized carbons (Fsp3) is 0.480. The first-order chi connectivity index (χ1) is 15.2. The second-order valence-electron chi connectivity index (χ2n) is 8.43. The molecule has 2 heterocycles. The van der Waals surface area contributed by atoms with Crippen molar-refractivity contribution in [3.05, 3.63) is 59.9 Å². The summed E-state index contributed by atoms with van der Waals surface area (Å²) < 4.78 is 12.7. The molecule has 0 radical (unpaired) electrons. The molecule has 0 spiro atoms. The molecule has 166 valence electrons. The minimum absolute atomic E-state index is 0.218. The minimum Gasteiger partial charge on any atom is -0.494 e. The predicted molar refractivity (Wildman–Crippen MR) is 124 cm³/mol. The van der Waals surface area contributed by atoms with E-state index in [9.17, 15) is 0 Å². The fourth-order valence-electron chi connectivity index (χ4n) is 4.09. The highest BCUT2D eigenvalue weighted by molar-refractivity contribution is 5.74. The van der Waals surface area contributed by atoms with Gasteiger partial charge in [-0.2, -0.15) is 0 Å². The van der Waals surface area contributed by atoms with Crippen LogP contribution in [-0.2, 0) is 4.74 Å². The highest BCUT2D eigenvalue weighted by Gasteiger charge is 2.26. The van der Waals surface area contributed by atoms with Gasteiger partial charge in [0, 0.05) is 13.1 Å². The van der Waals surface area contributed by atoms with Crippen molar-refractivity contribution < 1.29 is 9.47 Å². The number of para-hydroxylation sites is 2. The summed E-state index contributed by atoms with van der Waals surface area (Å²) in [7, 11) is 2.17. The zero-order valence-corrected chi connectivity index (χ0v) is 18.4. The average Bonchev–Trinajstić information content (AvgIpc) is 3.23. The van der Waals surface area contributed by atoms with Crippen molar-refractivity contribution in [3.63, 3.8) is 0 Å². The summed E-state index contributed by atoms with van der Waals surface area (Å²) in [6.07, 6.45) is 5.19. The maximum absolute atomic E-state index is 6.66. The number of nitrogens with one attached hydrogen (secondary N) is 1. The van der Waals surface area contributed by atoms with Gasteiger partial charge in [0.1, 0.15) is 17.7 Å². The van der Waals surface area contributed by atoms with Crippen LogP contribution in [0.4, 0.5) is 0 Å². The van der Waals surface area contributed by atoms with E-state index in [1.54, 1.807) is 0 Å². The Morgan fingerprint density at radius 1 is 1.10 bits per heavy atom. The first-order valence-corrected chi connectivity index (χ1v) is 11.4. The van der Waals surface area contributed by atoms with E-state index in [0.717, 1.165) is 79.9 Å². The average molecular weight is 423 g/mol. The van der Waals surface area contributed by atoms with Gasteiger partial charge in [-0.3, -0.25) is 0 Å². The summed E-state index contributed by atoms with van der Waals surface area (Å²) in [5.74, 6) is 1.72. The van der Waals surface area contributed by atoms with Crippen LogP contribution in [0.2, 0.25) is 0 Å². The fourth-order valence-corrected chi connectivity index (χ4v) is 4.09. The summed E-state index contributed by atoms with van der Waals surface area (Å²) in [4.78, 5) is 10.7. The minimum atomic E-state index is -0.249. The highest BCUT2D eigenvalue weighted by Crippen LogP contribution is 2.31. The number of fused-ring (bicyclic) bond motifs is 1. The van der Waals surface area contributed by atoms with Crippen LogP contribution < -0.4 is 10.5 Å². The van der Waals surface area contributed by atoms with E-state index in [-0.39, 0.29) is 12.2 Å². The van der Waals surface area contributed by atoms with Gasteiger partial charge in [0.2, 0.25) is 0 Å². The molecule has 6 nitrogen and oxygen atoms in total. The zero-order valence-electron chi connectivity index (χ0n) is 18.4. The molecule has 4 rings (SSSR count). The largest absolute Gasteiger partial charge is 0.494 e. The van der Waals surface area contributed by atoms with Gasteiger partial charge in [-0.25, -0.2) is 4.98 Å². The number of likely N-dealkylation sites (tertiary alicyclic amines) is 1. The third-order valence-corrected chi connectivity index (χ3v) is 5.93. The number of nitrogens with zero attached hydrogens (tertiary/aromatic N) is 2. The van der Waals surface area contributed by atoms with Crippen LogP contribution in [0.3, 0.4) is 0 Å². The Balaban J connectivity index is 1.54. The van der Waals surface area contributed by atoms with Crippen molar-refractivity contribution in [1.82, 2.24) is 14.9 Å². The van der Waals surface area contributed by atoms with E-state index in [0.29, 0.717) is 6.61 Å². The van der Waals surface area contributed by atoms with Gasteiger partial charge in [-0.05, 0) is 75.5 Å². The van der Waals surface area contributed by atoms with Crippen LogP contribution in [0, 0.1) is 0 Å². The summed E-state index contributed by atoms with van der Waals surface area (Å²) in [6.45, 7) is 3.56. The maximum Gasteiger partial charge on any atom is 0.141 e. The van der Waals surface area contributed by atoms with E-state index < -0.39 is 0 Å². The molecule has 1 saturated heterocycles. The van der Waals surface area contributed by atoms with Crippen LogP contribution >= 0.6 is 0 Å². The van der Waals surface area contributed by atoms with Crippen LogP contribution in [0.5, 0.6) is 5.75 Å². The Morgan fingerprint density at radius 3 is 2.74 bits per heavy atom. The standard InChI is InChI=1S/C25H34N4O2/c1-29-15-12-20(13-16-29)31-24(25-27-22-10-3-4-11-23(22)28-25)19-8-7-9-21(18-19)30-17-6-2-5-14-26/h3-4,7-11,18,20,24H,2,5-6,12-17,26H2,1H3,(H,27,28). The lowest BCUT2D eigenvalue weighted by Gasteiger charge is -2.31. The van der Waals surface area contributed by atoms with E-state index >= 15 is 0 Å². The second kappa shape index (κ2) is 10.8. The number of H-pyrrole nitrogens is 1. The molecular formula is C25H34N4O2. The van der Waals surface area contributed by atoms with Gasteiger partial charge in [0.25, 0.3) is 0 Å². The van der Waals surface area contributed by atoms with Crippen molar-refractivity contribution in [1.29, 1.82) is 0 Å². The van der Waals surface area contributed by atoms with Gasteiger partial charge in [-0.15, -0.1) is 0 Å². The smallest absolute Gasteiger partial charge is 0.141 e. The number of aromatic nitrogens is 2. The molecule has 1 aliphatic rings. The van der Waals surface area contributed by atoms with Crippen molar-refractivity contribution >= 4 is 11.0 Å². The summed E-state index contributed by atoms with van der Waals surface area (Å²) in [5.41, 5.74) is 8.63. The molecule has 1 unspecified atom stereocenters. The number of aromatic amines is 1. The molecule has 3 N–H and O–H groups in total. The summed E-state index contributed by atoms with van der Waals surface area (Å²) in [6, 6.07) is 16.4. The lowest BCUT2D eigenvalue weighted by Crippen LogP contribution is -2.35. The van der Waals surface area contributed by atoms with Gasteiger partial charge in [0.05, 0.1) is 23.7 Å². The molecule has 31 heavy (non-hydrogen) atoms. The van der Waals surface area contributed by atoms with Gasteiger partial charge in [0.15, 0.2) is 0 Å². The van der Waals surface area contributed by atoms with Crippen molar-refractivity contribution in [2.45, 2.75) is 44.3 Å². The molecule has 1 aliphatic heterocycles. The monoisotopic (exact) mass is 422 g/mol. The van der Waals surface area contributed by atoms with E-state index in [4.69, 9.17) is 20.2 Å². The zero-order chi connectivity index (χ0) is 21.5. The first-order valence-electron chi connectivity index (χ1n) is 11.4. The number of nitrogens with two attached hydrogens (primary N) is 1. The van der Waals surface area contributed by atoms with E-state index in [1.807, 2.05) is 30.3 Å². The third-order valence-electron chi connectivity index (χ3n) is 5.93. The second-order valence-corrected chi connectivity index (χ2v) is 8.43. The van der Waals surface area contributed by atoms with Crippen molar-refractivity contribution in [2.24, 2.45) is 5.73 Å². The lowest BCUT2D eigenvalue weighted by molar-refractivity contribution is -0.0265. The number of benzene rings is 2. The van der Waals surface area contributed by atoms with Gasteiger partial charge < -0.3 is 25.1 Å². The number of hydrogen-bond donors (Lipinski definition) is 2. The molecule has 0 bridgehead atoms. The quantitative estimate of drug-likeness (QED) is 0.477. The van der Waals surface area contributed by atoms with Crippen molar-refractivity contribution in [3.8, 4) is 5.75 Å². The molecule has 1 fully saturated rings. The van der Waals surface area contributed by atoms with Crippen molar-refractivity contribution in [2.75, 3.05) is 33.3 Å². The predicted octanol–water partition coefficient (Wildman–Crippen LogP) is 4.27. The normalized spacial score (nSPS) is 16.6. The molecule has 6 heteroatoms. The maximum atomic E-state index is 6.66. The van der Waals surface area contributed by atoms with E-state index in [1.165, 1.54) is 0 Å². The van der Waals surface area contributed by atoms with Gasteiger partial charge >= 0.3 is 0 Å². The van der Waals surface area contributed by atoms with Crippen LogP contribution in [0.1, 0.15) is 49.6 Å². The Morgan fingerprint density at radius 2 is 1.94 bits per heavy atom. The number of imidazole rings is 1. The highest BCUT2D eigenvalue weighted by atomic mass is 16.5. The Kier molecular flexibility index (Phi) is 7.57. The number of ether oxygens (including phenoxy) is 2. The van der Waals surface area contributed by atoms with Crippen LogP contribution in [0.15, 0.2) is 48.5 Å².